The molecule has 20 heavy (non-hydrogen) atoms. The Morgan fingerprint density at radius 2 is 2.10 bits per heavy atom. The Kier molecular flexibility index (Phi) is 4.34. The molecule has 0 amide bonds. The van der Waals surface area contributed by atoms with Gasteiger partial charge in [0, 0.05) is 19.1 Å². The molecule has 4 nitrogen and oxygen atoms in total. The number of fused-ring (bicyclic) bond motifs is 1. The molecule has 0 bridgehead atoms. The summed E-state index contributed by atoms with van der Waals surface area (Å²) in [5, 5.41) is 0.638. The lowest BCUT2D eigenvalue weighted by Gasteiger charge is -2.35. The maximum Gasteiger partial charge on any atom is 0.179 e. The first-order valence-corrected chi connectivity index (χ1v) is 7.68. The smallest absolute Gasteiger partial charge is 0.179 e. The Morgan fingerprint density at radius 3 is 2.95 bits per heavy atom. The van der Waals surface area contributed by atoms with Gasteiger partial charge in [0.1, 0.15) is 13.2 Å². The molecule has 1 aromatic carbocycles. The summed E-state index contributed by atoms with van der Waals surface area (Å²) in [7, 11) is 0. The third kappa shape index (κ3) is 2.87. The minimum atomic E-state index is 0.482. The van der Waals surface area contributed by atoms with E-state index in [2.05, 4.69) is 4.90 Å². The predicted octanol–water partition coefficient (Wildman–Crippen LogP) is 2.42. The Hall–Kier alpha value is -0.970. The number of nitrogens with zero attached hydrogens (tertiary/aromatic N) is 1. The summed E-state index contributed by atoms with van der Waals surface area (Å²) in [5.74, 6) is 1.44. The second-order valence-corrected chi connectivity index (χ2v) is 5.86. The van der Waals surface area contributed by atoms with Crippen molar-refractivity contribution >= 4 is 11.6 Å². The van der Waals surface area contributed by atoms with Crippen LogP contribution in [0.1, 0.15) is 24.8 Å². The van der Waals surface area contributed by atoms with E-state index in [0.29, 0.717) is 30.0 Å². The van der Waals surface area contributed by atoms with Crippen LogP contribution in [0.2, 0.25) is 5.02 Å². The molecule has 1 fully saturated rings. The van der Waals surface area contributed by atoms with Crippen molar-refractivity contribution in [3.8, 4) is 11.5 Å². The van der Waals surface area contributed by atoms with Gasteiger partial charge in [-0.3, -0.25) is 4.90 Å². The van der Waals surface area contributed by atoms with Crippen molar-refractivity contribution in [3.63, 3.8) is 0 Å². The second kappa shape index (κ2) is 6.20. The van der Waals surface area contributed by atoms with Crippen LogP contribution in [-0.2, 0) is 6.54 Å². The summed E-state index contributed by atoms with van der Waals surface area (Å²) in [6.07, 6.45) is 3.71. The molecule has 110 valence electrons. The van der Waals surface area contributed by atoms with Crippen molar-refractivity contribution in [2.75, 3.05) is 26.3 Å². The minimum Gasteiger partial charge on any atom is -0.486 e. The van der Waals surface area contributed by atoms with Gasteiger partial charge in [0.05, 0.1) is 5.02 Å². The van der Waals surface area contributed by atoms with Crippen LogP contribution < -0.4 is 15.2 Å². The number of hydrogen-bond donors (Lipinski definition) is 1. The van der Waals surface area contributed by atoms with Crippen LogP contribution in [-0.4, -0.2) is 37.2 Å². The summed E-state index contributed by atoms with van der Waals surface area (Å²) in [4.78, 5) is 2.45. The van der Waals surface area contributed by atoms with Crippen molar-refractivity contribution in [2.45, 2.75) is 31.8 Å². The molecule has 1 aromatic rings. The van der Waals surface area contributed by atoms with E-state index in [-0.39, 0.29) is 0 Å². The number of rotatable bonds is 3. The lowest BCUT2D eigenvalue weighted by Crippen LogP contribution is -2.43. The zero-order valence-corrected chi connectivity index (χ0v) is 12.4. The monoisotopic (exact) mass is 296 g/mol. The van der Waals surface area contributed by atoms with Gasteiger partial charge < -0.3 is 15.2 Å². The lowest BCUT2D eigenvalue weighted by atomic mass is 10.0. The van der Waals surface area contributed by atoms with Gasteiger partial charge in [-0.1, -0.05) is 18.0 Å². The average molecular weight is 297 g/mol. The van der Waals surface area contributed by atoms with E-state index in [1.165, 1.54) is 24.8 Å². The second-order valence-electron chi connectivity index (χ2n) is 5.46. The molecular formula is C15H21ClN2O2. The molecule has 2 aliphatic rings. The van der Waals surface area contributed by atoms with Gasteiger partial charge in [0.25, 0.3) is 0 Å². The van der Waals surface area contributed by atoms with Crippen LogP contribution in [0.5, 0.6) is 11.5 Å². The number of nitrogens with two attached hydrogens (primary N) is 1. The highest BCUT2D eigenvalue weighted by atomic mass is 35.5. The van der Waals surface area contributed by atoms with Crippen molar-refractivity contribution < 1.29 is 9.47 Å². The van der Waals surface area contributed by atoms with Gasteiger partial charge in [0.2, 0.25) is 0 Å². The fourth-order valence-electron chi connectivity index (χ4n) is 3.03. The minimum absolute atomic E-state index is 0.482. The summed E-state index contributed by atoms with van der Waals surface area (Å²) in [6.45, 7) is 3.85. The molecule has 2 heterocycles. The summed E-state index contributed by atoms with van der Waals surface area (Å²) >= 11 is 6.29. The molecule has 0 spiro atoms. The molecule has 0 aliphatic carbocycles. The predicted molar refractivity (Wildman–Crippen MR) is 79.5 cm³/mol. The van der Waals surface area contributed by atoms with E-state index in [0.717, 1.165) is 25.4 Å². The van der Waals surface area contributed by atoms with E-state index >= 15 is 0 Å². The standard InChI is InChI=1S/C15H21ClN2O2/c16-13-7-11(8-14-15(13)20-6-5-19-14)10-18-4-2-1-3-12(18)9-17/h7-8,12H,1-6,9-10,17H2. The molecule has 5 heteroatoms. The number of halogens is 1. The maximum atomic E-state index is 6.29. The van der Waals surface area contributed by atoms with E-state index < -0.39 is 0 Å². The van der Waals surface area contributed by atoms with Crippen LogP contribution >= 0.6 is 11.6 Å². The molecule has 2 N–H and O–H groups in total. The Balaban J connectivity index is 1.78. The van der Waals surface area contributed by atoms with Crippen LogP contribution in [0.3, 0.4) is 0 Å². The van der Waals surface area contributed by atoms with Gasteiger partial charge in [-0.15, -0.1) is 0 Å². The third-order valence-electron chi connectivity index (χ3n) is 4.06. The SMILES string of the molecule is NCC1CCCCN1Cc1cc(Cl)c2c(c1)OCCO2. The lowest BCUT2D eigenvalue weighted by molar-refractivity contribution is 0.143. The zero-order valence-electron chi connectivity index (χ0n) is 11.6. The van der Waals surface area contributed by atoms with Gasteiger partial charge in [-0.05, 0) is 37.1 Å². The fourth-order valence-corrected chi connectivity index (χ4v) is 3.31. The Bertz CT molecular complexity index is 481. The number of likely N-dealkylation sites (tertiary alicyclic amines) is 1. The van der Waals surface area contributed by atoms with Crippen molar-refractivity contribution in [2.24, 2.45) is 5.73 Å². The maximum absolute atomic E-state index is 6.29. The molecule has 1 atom stereocenters. The Labute approximate surface area is 124 Å². The van der Waals surface area contributed by atoms with Crippen LogP contribution in [0.4, 0.5) is 0 Å². The first-order valence-electron chi connectivity index (χ1n) is 7.30. The third-order valence-corrected chi connectivity index (χ3v) is 4.34. The number of benzene rings is 1. The largest absolute Gasteiger partial charge is 0.486 e. The fraction of sp³-hybridized carbons (Fsp3) is 0.600. The Morgan fingerprint density at radius 1 is 1.25 bits per heavy atom. The highest BCUT2D eigenvalue weighted by molar-refractivity contribution is 6.32. The van der Waals surface area contributed by atoms with E-state index in [1.807, 2.05) is 12.1 Å². The quantitative estimate of drug-likeness (QED) is 0.930. The number of hydrogen-bond acceptors (Lipinski definition) is 4. The normalized spacial score (nSPS) is 22.8. The molecular weight excluding hydrogens is 276 g/mol. The van der Waals surface area contributed by atoms with E-state index in [4.69, 9.17) is 26.8 Å². The summed E-state index contributed by atoms with van der Waals surface area (Å²) in [6, 6.07) is 4.51. The van der Waals surface area contributed by atoms with Crippen molar-refractivity contribution in [1.82, 2.24) is 4.90 Å². The van der Waals surface area contributed by atoms with E-state index in [1.54, 1.807) is 0 Å². The highest BCUT2D eigenvalue weighted by Gasteiger charge is 2.23. The van der Waals surface area contributed by atoms with Gasteiger partial charge in [0.15, 0.2) is 11.5 Å². The molecule has 1 saturated heterocycles. The van der Waals surface area contributed by atoms with Crippen molar-refractivity contribution in [3.05, 3.63) is 22.7 Å². The van der Waals surface area contributed by atoms with Gasteiger partial charge in [-0.2, -0.15) is 0 Å². The first kappa shape index (κ1) is 14.0. The zero-order chi connectivity index (χ0) is 13.9. The summed E-state index contributed by atoms with van der Waals surface area (Å²) < 4.78 is 11.2. The average Bonchev–Trinajstić information content (AvgIpc) is 2.48. The summed E-state index contributed by atoms with van der Waals surface area (Å²) in [5.41, 5.74) is 7.04. The molecule has 1 unspecified atom stereocenters. The molecule has 0 radical (unpaired) electrons. The van der Waals surface area contributed by atoms with Crippen molar-refractivity contribution in [1.29, 1.82) is 0 Å². The molecule has 2 aliphatic heterocycles. The van der Waals surface area contributed by atoms with Crippen LogP contribution in [0.25, 0.3) is 0 Å². The molecule has 3 rings (SSSR count). The van der Waals surface area contributed by atoms with Gasteiger partial charge in [-0.25, -0.2) is 0 Å². The number of ether oxygens (including phenoxy) is 2. The number of piperidine rings is 1. The van der Waals surface area contributed by atoms with Gasteiger partial charge >= 0.3 is 0 Å². The molecule has 0 aromatic heterocycles. The van der Waals surface area contributed by atoms with E-state index in [9.17, 15) is 0 Å². The first-order chi connectivity index (χ1) is 9.78. The van der Waals surface area contributed by atoms with Crippen LogP contribution in [0.15, 0.2) is 12.1 Å². The van der Waals surface area contributed by atoms with Crippen LogP contribution in [0, 0.1) is 0 Å². The molecule has 0 saturated carbocycles. The highest BCUT2D eigenvalue weighted by Crippen LogP contribution is 2.38. The topological polar surface area (TPSA) is 47.7 Å².